The van der Waals surface area contributed by atoms with Crippen LogP contribution >= 0.6 is 0 Å². The molecule has 0 bridgehead atoms. The van der Waals surface area contributed by atoms with E-state index in [2.05, 4.69) is 0 Å². The molecule has 0 nitrogen and oxygen atoms in total. The van der Waals surface area contributed by atoms with Crippen molar-refractivity contribution < 1.29 is 13.2 Å². The van der Waals surface area contributed by atoms with Gasteiger partial charge >= 0.3 is 0 Å². The average Bonchev–Trinajstić information content (AvgIpc) is 2.61. The van der Waals surface area contributed by atoms with E-state index in [-0.39, 0.29) is 11.4 Å². The van der Waals surface area contributed by atoms with Crippen LogP contribution in [-0.4, -0.2) is 0 Å². The second-order valence-electron chi connectivity index (χ2n) is 6.97. The van der Waals surface area contributed by atoms with Crippen LogP contribution in [0.1, 0.15) is 22.3 Å². The second kappa shape index (κ2) is 7.43. The molecule has 4 aromatic carbocycles. The van der Waals surface area contributed by atoms with E-state index in [1.165, 1.54) is 13.0 Å². The Morgan fingerprint density at radius 2 is 1.15 bits per heavy atom. The van der Waals surface area contributed by atoms with Crippen molar-refractivity contribution in [3.63, 3.8) is 0 Å². The lowest BCUT2D eigenvalue weighted by Crippen LogP contribution is -1.90. The summed E-state index contributed by atoms with van der Waals surface area (Å²) in [6.45, 7) is 7.14. The Bertz CT molecular complexity index is 1140. The van der Waals surface area contributed by atoms with Gasteiger partial charge in [-0.3, -0.25) is 0 Å². The van der Waals surface area contributed by atoms with Crippen LogP contribution in [0.2, 0.25) is 0 Å². The van der Waals surface area contributed by atoms with E-state index < -0.39 is 11.6 Å². The topological polar surface area (TPSA) is 0 Å². The summed E-state index contributed by atoms with van der Waals surface area (Å²) in [4.78, 5) is 0. The molecule has 0 amide bonds. The molecule has 27 heavy (non-hydrogen) atoms. The molecule has 0 unspecified atom stereocenters. The van der Waals surface area contributed by atoms with Crippen molar-refractivity contribution in [2.24, 2.45) is 0 Å². The van der Waals surface area contributed by atoms with Gasteiger partial charge in [-0.2, -0.15) is 0 Å². The number of benzene rings is 4. The third-order valence-electron chi connectivity index (χ3n) is 4.69. The Balaban J connectivity index is 0.000000156. The summed E-state index contributed by atoms with van der Waals surface area (Å²) < 4.78 is 39.9. The molecule has 0 fully saturated rings. The molecular formula is C24H21F3. The predicted molar refractivity (Wildman–Crippen MR) is 107 cm³/mol. The Morgan fingerprint density at radius 1 is 0.556 bits per heavy atom. The molecule has 4 aromatic rings. The van der Waals surface area contributed by atoms with Crippen LogP contribution in [0.25, 0.3) is 21.5 Å². The van der Waals surface area contributed by atoms with Crippen molar-refractivity contribution in [2.75, 3.05) is 0 Å². The minimum absolute atomic E-state index is 0.0846. The van der Waals surface area contributed by atoms with Crippen LogP contribution < -0.4 is 0 Å². The normalized spacial score (nSPS) is 10.8. The number of hydrogen-bond acceptors (Lipinski definition) is 0. The molecule has 0 aliphatic carbocycles. The molecule has 0 aromatic heterocycles. The summed E-state index contributed by atoms with van der Waals surface area (Å²) in [5.74, 6) is -1.07. The molecule has 0 aliphatic rings. The first kappa shape index (κ1) is 19.0. The van der Waals surface area contributed by atoms with Crippen LogP contribution in [0, 0.1) is 45.1 Å². The quantitative estimate of drug-likeness (QED) is 0.306. The summed E-state index contributed by atoms with van der Waals surface area (Å²) in [5, 5.41) is 3.17. The highest BCUT2D eigenvalue weighted by atomic mass is 19.1. The highest BCUT2D eigenvalue weighted by Gasteiger charge is 2.09. The van der Waals surface area contributed by atoms with Gasteiger partial charge in [0, 0.05) is 10.9 Å². The minimum Gasteiger partial charge on any atom is -0.207 e. The van der Waals surface area contributed by atoms with Gasteiger partial charge in [-0.15, -0.1) is 0 Å². The van der Waals surface area contributed by atoms with Crippen molar-refractivity contribution >= 4 is 21.5 Å². The summed E-state index contributed by atoms with van der Waals surface area (Å²) >= 11 is 0. The Kier molecular flexibility index (Phi) is 5.22. The van der Waals surface area contributed by atoms with Gasteiger partial charge in [0.25, 0.3) is 0 Å². The molecule has 138 valence electrons. The molecule has 4 rings (SSSR count). The third-order valence-corrected chi connectivity index (χ3v) is 4.69. The Labute approximate surface area is 157 Å². The van der Waals surface area contributed by atoms with Crippen LogP contribution in [0.4, 0.5) is 13.2 Å². The lowest BCUT2D eigenvalue weighted by molar-refractivity contribution is 0.577. The molecule has 0 spiro atoms. The standard InChI is InChI=1S/C12H10F2.C12H11F/c1-7-3-4-10-9(5-7)6-11(13)8(2)12(10)14;1-8-3-4-10-6-9(2)12(13)7-11(10)5-8/h3-6H,1-2H3;3-7H,1-2H3. The minimum atomic E-state index is -0.486. The Hall–Kier alpha value is -2.81. The maximum atomic E-state index is 13.6. The number of hydrogen-bond donors (Lipinski definition) is 0. The van der Waals surface area contributed by atoms with Crippen molar-refractivity contribution in [1.29, 1.82) is 0 Å². The van der Waals surface area contributed by atoms with Crippen molar-refractivity contribution in [2.45, 2.75) is 27.7 Å². The van der Waals surface area contributed by atoms with Gasteiger partial charge in [-0.25, -0.2) is 13.2 Å². The van der Waals surface area contributed by atoms with Gasteiger partial charge < -0.3 is 0 Å². The molecule has 0 aliphatic heterocycles. The fourth-order valence-corrected chi connectivity index (χ4v) is 3.06. The van der Waals surface area contributed by atoms with Gasteiger partial charge in [0.05, 0.1) is 0 Å². The summed E-state index contributed by atoms with van der Waals surface area (Å²) in [6, 6.07) is 16.2. The lowest BCUT2D eigenvalue weighted by atomic mass is 10.0. The maximum Gasteiger partial charge on any atom is 0.136 e. The molecular weight excluding hydrogens is 345 g/mol. The van der Waals surface area contributed by atoms with Gasteiger partial charge in [-0.05, 0) is 67.6 Å². The first-order chi connectivity index (χ1) is 12.8. The predicted octanol–water partition coefficient (Wildman–Crippen LogP) is 7.33. The maximum absolute atomic E-state index is 13.6. The molecule has 0 saturated heterocycles. The molecule has 0 heterocycles. The largest absolute Gasteiger partial charge is 0.207 e. The SMILES string of the molecule is Cc1ccc2c(F)c(C)c(F)cc2c1.Cc1ccc2cc(C)c(F)cc2c1. The molecule has 3 heteroatoms. The summed E-state index contributed by atoms with van der Waals surface area (Å²) in [5.41, 5.74) is 2.95. The van der Waals surface area contributed by atoms with E-state index in [0.29, 0.717) is 16.3 Å². The van der Waals surface area contributed by atoms with Crippen LogP contribution in [-0.2, 0) is 0 Å². The van der Waals surface area contributed by atoms with Crippen molar-refractivity contribution in [1.82, 2.24) is 0 Å². The fraction of sp³-hybridized carbons (Fsp3) is 0.167. The van der Waals surface area contributed by atoms with Crippen molar-refractivity contribution in [3.05, 3.63) is 94.3 Å². The zero-order valence-electron chi connectivity index (χ0n) is 15.8. The molecule has 0 N–H and O–H groups in total. The van der Waals surface area contributed by atoms with Gasteiger partial charge in [0.2, 0.25) is 0 Å². The first-order valence-corrected chi connectivity index (χ1v) is 8.78. The van der Waals surface area contributed by atoms with Crippen LogP contribution in [0.15, 0.2) is 54.6 Å². The van der Waals surface area contributed by atoms with Crippen LogP contribution in [0.5, 0.6) is 0 Å². The number of fused-ring (bicyclic) bond motifs is 2. The van der Waals surface area contributed by atoms with E-state index >= 15 is 0 Å². The number of halogens is 3. The third kappa shape index (κ3) is 3.97. The highest BCUT2D eigenvalue weighted by molar-refractivity contribution is 5.85. The monoisotopic (exact) mass is 366 g/mol. The van der Waals surface area contributed by atoms with E-state index in [4.69, 9.17) is 0 Å². The highest BCUT2D eigenvalue weighted by Crippen LogP contribution is 2.24. The van der Waals surface area contributed by atoms with E-state index in [1.54, 1.807) is 25.1 Å². The van der Waals surface area contributed by atoms with E-state index in [0.717, 1.165) is 21.9 Å². The van der Waals surface area contributed by atoms with Gasteiger partial charge in [0.1, 0.15) is 17.5 Å². The summed E-state index contributed by atoms with van der Waals surface area (Å²) in [7, 11) is 0. The zero-order valence-corrected chi connectivity index (χ0v) is 15.8. The number of rotatable bonds is 0. The van der Waals surface area contributed by atoms with E-state index in [9.17, 15) is 13.2 Å². The smallest absolute Gasteiger partial charge is 0.136 e. The lowest BCUT2D eigenvalue weighted by Gasteiger charge is -2.04. The van der Waals surface area contributed by atoms with Gasteiger partial charge in [0.15, 0.2) is 0 Å². The Morgan fingerprint density at radius 3 is 1.85 bits per heavy atom. The zero-order chi connectivity index (χ0) is 19.7. The van der Waals surface area contributed by atoms with Crippen LogP contribution in [0.3, 0.4) is 0 Å². The summed E-state index contributed by atoms with van der Waals surface area (Å²) in [6.07, 6.45) is 0. The molecule has 0 radical (unpaired) electrons. The first-order valence-electron chi connectivity index (χ1n) is 8.78. The van der Waals surface area contributed by atoms with E-state index in [1.807, 2.05) is 44.2 Å². The molecule has 0 atom stereocenters. The fourth-order valence-electron chi connectivity index (χ4n) is 3.06. The van der Waals surface area contributed by atoms with Gasteiger partial charge in [-0.1, -0.05) is 47.5 Å². The molecule has 0 saturated carbocycles. The van der Waals surface area contributed by atoms with Crippen molar-refractivity contribution in [3.8, 4) is 0 Å². The number of aryl methyl sites for hydroxylation is 3. The average molecular weight is 366 g/mol. The second-order valence-corrected chi connectivity index (χ2v) is 6.97.